The molecule has 0 bridgehead atoms. The average Bonchev–Trinajstić information content (AvgIpc) is 2.29. The summed E-state index contributed by atoms with van der Waals surface area (Å²) in [6, 6.07) is 11.9. The van der Waals surface area contributed by atoms with Crippen LogP contribution >= 0.6 is 11.6 Å². The van der Waals surface area contributed by atoms with Crippen LogP contribution < -0.4 is 5.73 Å². The van der Waals surface area contributed by atoms with Crippen molar-refractivity contribution < 1.29 is 9.90 Å². The maximum Gasteiger partial charge on any atom is 0.335 e. The molecule has 2 aromatic carbocycles. The Labute approximate surface area is 103 Å². The third-order valence-electron chi connectivity index (χ3n) is 2.38. The minimum absolute atomic E-state index is 0.176. The van der Waals surface area contributed by atoms with Crippen LogP contribution in [0.3, 0.4) is 0 Å². The molecule has 0 unspecified atom stereocenters. The maximum absolute atomic E-state index is 10.9. The van der Waals surface area contributed by atoms with E-state index in [2.05, 4.69) is 0 Å². The fourth-order valence-electron chi connectivity index (χ4n) is 1.58. The van der Waals surface area contributed by atoms with Crippen molar-refractivity contribution in [3.05, 3.63) is 53.1 Å². The zero-order chi connectivity index (χ0) is 12.4. The van der Waals surface area contributed by atoms with Crippen molar-refractivity contribution in [2.75, 3.05) is 5.73 Å². The van der Waals surface area contributed by atoms with Crippen LogP contribution in [-0.4, -0.2) is 11.1 Å². The first-order valence-electron chi connectivity index (χ1n) is 4.96. The quantitative estimate of drug-likeness (QED) is 0.801. The van der Waals surface area contributed by atoms with Crippen molar-refractivity contribution in [2.24, 2.45) is 0 Å². The molecule has 0 amide bonds. The van der Waals surface area contributed by atoms with E-state index in [0.717, 1.165) is 11.1 Å². The highest BCUT2D eigenvalue weighted by atomic mass is 35.5. The van der Waals surface area contributed by atoms with Gasteiger partial charge < -0.3 is 10.8 Å². The van der Waals surface area contributed by atoms with Crippen molar-refractivity contribution in [2.45, 2.75) is 0 Å². The monoisotopic (exact) mass is 247 g/mol. The first-order valence-corrected chi connectivity index (χ1v) is 5.34. The smallest absolute Gasteiger partial charge is 0.335 e. The highest BCUT2D eigenvalue weighted by Gasteiger charge is 2.07. The Hall–Kier alpha value is -2.00. The van der Waals surface area contributed by atoms with E-state index in [0.29, 0.717) is 10.7 Å². The van der Waals surface area contributed by atoms with Crippen LogP contribution in [0.25, 0.3) is 11.1 Å². The summed E-state index contributed by atoms with van der Waals surface area (Å²) in [5.74, 6) is -0.993. The second-order valence-corrected chi connectivity index (χ2v) is 4.09. The number of hydrogen-bond donors (Lipinski definition) is 2. The fourth-order valence-corrected chi connectivity index (χ4v) is 1.71. The molecule has 17 heavy (non-hydrogen) atoms. The van der Waals surface area contributed by atoms with Crippen molar-refractivity contribution in [3.63, 3.8) is 0 Å². The van der Waals surface area contributed by atoms with Crippen molar-refractivity contribution in [3.8, 4) is 11.1 Å². The predicted molar refractivity (Wildman–Crippen MR) is 68.3 cm³/mol. The lowest BCUT2D eigenvalue weighted by Crippen LogP contribution is -1.98. The highest BCUT2D eigenvalue weighted by molar-refractivity contribution is 6.30. The summed E-state index contributed by atoms with van der Waals surface area (Å²) in [5, 5.41) is 9.58. The third kappa shape index (κ3) is 2.57. The lowest BCUT2D eigenvalue weighted by Gasteiger charge is -2.05. The molecule has 0 atom stereocenters. The Bertz CT molecular complexity index is 564. The molecule has 3 nitrogen and oxygen atoms in total. The fraction of sp³-hybridized carbons (Fsp3) is 0. The van der Waals surface area contributed by atoms with E-state index in [9.17, 15) is 4.79 Å². The number of nitrogens with two attached hydrogens (primary N) is 1. The van der Waals surface area contributed by atoms with E-state index in [-0.39, 0.29) is 5.56 Å². The normalized spacial score (nSPS) is 10.2. The number of anilines is 1. The third-order valence-corrected chi connectivity index (χ3v) is 2.63. The second-order valence-electron chi connectivity index (χ2n) is 3.66. The lowest BCUT2D eigenvalue weighted by molar-refractivity contribution is 0.0697. The summed E-state index contributed by atoms with van der Waals surface area (Å²) in [6.07, 6.45) is 0. The highest BCUT2D eigenvalue weighted by Crippen LogP contribution is 2.25. The van der Waals surface area contributed by atoms with Gasteiger partial charge in [0.1, 0.15) is 0 Å². The van der Waals surface area contributed by atoms with Crippen LogP contribution in [0.15, 0.2) is 42.5 Å². The summed E-state index contributed by atoms with van der Waals surface area (Å²) in [4.78, 5) is 10.9. The van der Waals surface area contributed by atoms with Gasteiger partial charge in [0.25, 0.3) is 0 Å². The van der Waals surface area contributed by atoms with Gasteiger partial charge in [0.05, 0.1) is 5.56 Å². The van der Waals surface area contributed by atoms with Crippen LogP contribution in [0.1, 0.15) is 10.4 Å². The lowest BCUT2D eigenvalue weighted by atomic mass is 10.0. The number of carboxylic acids is 1. The SMILES string of the molecule is Nc1cc(C(=O)O)cc(-c2ccc(Cl)cc2)c1. The number of halogens is 1. The van der Waals surface area contributed by atoms with Crippen molar-refractivity contribution >= 4 is 23.3 Å². The Morgan fingerprint density at radius 3 is 2.29 bits per heavy atom. The zero-order valence-electron chi connectivity index (χ0n) is 8.85. The maximum atomic E-state index is 10.9. The molecule has 0 aliphatic carbocycles. The van der Waals surface area contributed by atoms with E-state index < -0.39 is 5.97 Å². The Balaban J connectivity index is 2.51. The molecule has 2 aromatic rings. The van der Waals surface area contributed by atoms with Gasteiger partial charge in [0.2, 0.25) is 0 Å². The molecule has 3 N–H and O–H groups in total. The van der Waals surface area contributed by atoms with Gasteiger partial charge in [0, 0.05) is 10.7 Å². The molecule has 0 saturated carbocycles. The number of hydrogen-bond acceptors (Lipinski definition) is 2. The van der Waals surface area contributed by atoms with Gasteiger partial charge in [0.15, 0.2) is 0 Å². The number of carboxylic acid groups (broad SMARTS) is 1. The molecule has 86 valence electrons. The molecule has 0 saturated heterocycles. The largest absolute Gasteiger partial charge is 0.478 e. The molecule has 0 radical (unpaired) electrons. The Morgan fingerprint density at radius 1 is 1.06 bits per heavy atom. The average molecular weight is 248 g/mol. The molecular formula is C13H10ClNO2. The van der Waals surface area contributed by atoms with Gasteiger partial charge in [-0.1, -0.05) is 23.7 Å². The molecule has 2 rings (SSSR count). The predicted octanol–water partition coefficient (Wildman–Crippen LogP) is 3.29. The van der Waals surface area contributed by atoms with Gasteiger partial charge in [-0.15, -0.1) is 0 Å². The topological polar surface area (TPSA) is 63.3 Å². The molecule has 0 aliphatic rings. The summed E-state index contributed by atoms with van der Waals surface area (Å²) in [6.45, 7) is 0. The van der Waals surface area contributed by atoms with E-state index >= 15 is 0 Å². The van der Waals surface area contributed by atoms with Gasteiger partial charge in [-0.25, -0.2) is 4.79 Å². The Kier molecular flexibility index (Phi) is 3.02. The Morgan fingerprint density at radius 2 is 1.71 bits per heavy atom. The van der Waals surface area contributed by atoms with Crippen LogP contribution in [0.5, 0.6) is 0 Å². The van der Waals surface area contributed by atoms with Gasteiger partial charge >= 0.3 is 5.97 Å². The van der Waals surface area contributed by atoms with E-state index in [4.69, 9.17) is 22.4 Å². The van der Waals surface area contributed by atoms with Gasteiger partial charge in [-0.05, 0) is 41.5 Å². The molecular weight excluding hydrogens is 238 g/mol. The van der Waals surface area contributed by atoms with Crippen LogP contribution in [0.2, 0.25) is 5.02 Å². The number of carbonyl (C=O) groups is 1. The van der Waals surface area contributed by atoms with Crippen molar-refractivity contribution in [1.82, 2.24) is 0 Å². The minimum Gasteiger partial charge on any atom is -0.478 e. The van der Waals surface area contributed by atoms with Crippen molar-refractivity contribution in [1.29, 1.82) is 0 Å². The van der Waals surface area contributed by atoms with Gasteiger partial charge in [-0.2, -0.15) is 0 Å². The number of aromatic carboxylic acids is 1. The first-order chi connectivity index (χ1) is 8.06. The molecule has 4 heteroatoms. The summed E-state index contributed by atoms with van der Waals surface area (Å²) in [5.41, 5.74) is 7.92. The minimum atomic E-state index is -0.993. The molecule has 0 fully saturated rings. The van der Waals surface area contributed by atoms with E-state index in [1.165, 1.54) is 6.07 Å². The van der Waals surface area contributed by atoms with E-state index in [1.807, 2.05) is 12.1 Å². The second kappa shape index (κ2) is 4.47. The molecule has 0 heterocycles. The number of nitrogen functional groups attached to an aromatic ring is 1. The summed E-state index contributed by atoms with van der Waals surface area (Å²) < 4.78 is 0. The molecule has 0 aromatic heterocycles. The number of rotatable bonds is 2. The molecule has 0 spiro atoms. The summed E-state index contributed by atoms with van der Waals surface area (Å²) in [7, 11) is 0. The van der Waals surface area contributed by atoms with E-state index in [1.54, 1.807) is 24.3 Å². The standard InChI is InChI=1S/C13H10ClNO2/c14-11-3-1-8(2-4-11)9-5-10(13(16)17)7-12(15)6-9/h1-7H,15H2,(H,16,17). The van der Waals surface area contributed by atoms with Crippen LogP contribution in [0, 0.1) is 0 Å². The van der Waals surface area contributed by atoms with Crippen LogP contribution in [0.4, 0.5) is 5.69 Å². The molecule has 0 aliphatic heterocycles. The number of benzene rings is 2. The van der Waals surface area contributed by atoms with Crippen LogP contribution in [-0.2, 0) is 0 Å². The summed E-state index contributed by atoms with van der Waals surface area (Å²) >= 11 is 5.79. The van der Waals surface area contributed by atoms with Gasteiger partial charge in [-0.3, -0.25) is 0 Å². The first kappa shape index (κ1) is 11.5. The zero-order valence-corrected chi connectivity index (χ0v) is 9.61.